The van der Waals surface area contributed by atoms with Crippen molar-refractivity contribution in [1.29, 1.82) is 0 Å². The first-order valence-electron chi connectivity index (χ1n) is 12.5. The van der Waals surface area contributed by atoms with Gasteiger partial charge < -0.3 is 24.8 Å². The average molecular weight is 714 g/mol. The van der Waals surface area contributed by atoms with E-state index in [0.717, 1.165) is 25.7 Å². The summed E-state index contributed by atoms with van der Waals surface area (Å²) in [6.45, 7) is 0. The SMILES string of the molecule is [C-]1=CC=CC1.[C-]1=CC=CC1.[Cl-].[Cl-].[Zr+2].[Zr+2].[c-]1cccc2c1Cc1ccccc1-2.[c-]1cccc2c1Cc1ccccc1-2. The molecule has 4 heteroatoms. The summed E-state index contributed by atoms with van der Waals surface area (Å²) in [6, 6.07) is 36.2. The summed E-state index contributed by atoms with van der Waals surface area (Å²) < 4.78 is 0. The van der Waals surface area contributed by atoms with Crippen molar-refractivity contribution in [3.63, 3.8) is 0 Å². The Morgan fingerprint density at radius 3 is 1.23 bits per heavy atom. The van der Waals surface area contributed by atoms with E-state index in [1.54, 1.807) is 0 Å². The van der Waals surface area contributed by atoms with Gasteiger partial charge in [-0.2, -0.15) is 71.8 Å². The van der Waals surface area contributed by atoms with Crippen LogP contribution in [0.25, 0.3) is 22.3 Å². The third kappa shape index (κ3) is 9.64. The number of halogens is 2. The van der Waals surface area contributed by atoms with Crippen LogP contribution in [-0.2, 0) is 65.2 Å². The minimum atomic E-state index is 0. The van der Waals surface area contributed by atoms with Gasteiger partial charge in [-0.05, 0) is 12.8 Å². The molecule has 4 aromatic carbocycles. The molecular formula is C36H28Cl2Zr2-2. The molecule has 0 aromatic heterocycles. The Bertz CT molecular complexity index is 1230. The van der Waals surface area contributed by atoms with Gasteiger partial charge >= 0.3 is 52.4 Å². The zero-order chi connectivity index (χ0) is 24.4. The number of rotatable bonds is 0. The molecule has 0 bridgehead atoms. The van der Waals surface area contributed by atoms with E-state index in [0.29, 0.717) is 0 Å². The van der Waals surface area contributed by atoms with Gasteiger partial charge in [0.05, 0.1) is 0 Å². The molecule has 196 valence electrons. The average Bonchev–Trinajstić information content (AvgIpc) is 3.77. The number of hydrogen-bond donors (Lipinski definition) is 0. The normalized spacial score (nSPS) is 12.4. The summed E-state index contributed by atoms with van der Waals surface area (Å²) in [5.41, 5.74) is 11.0. The van der Waals surface area contributed by atoms with Crippen molar-refractivity contribution in [1.82, 2.24) is 0 Å². The van der Waals surface area contributed by atoms with Crippen LogP contribution in [0.3, 0.4) is 0 Å². The summed E-state index contributed by atoms with van der Waals surface area (Å²) >= 11 is 0. The Hall–Kier alpha value is -1.81. The van der Waals surface area contributed by atoms with Crippen molar-refractivity contribution in [2.45, 2.75) is 25.7 Å². The van der Waals surface area contributed by atoms with Gasteiger partial charge in [0.2, 0.25) is 0 Å². The topological polar surface area (TPSA) is 0 Å². The van der Waals surface area contributed by atoms with E-state index in [2.05, 4.69) is 109 Å². The molecule has 0 radical (unpaired) electrons. The molecule has 4 aromatic rings. The molecule has 4 aliphatic carbocycles. The first kappa shape index (κ1) is 36.2. The van der Waals surface area contributed by atoms with E-state index >= 15 is 0 Å². The molecule has 0 atom stereocenters. The van der Waals surface area contributed by atoms with Crippen molar-refractivity contribution in [3.05, 3.63) is 168 Å². The molecule has 0 saturated carbocycles. The summed E-state index contributed by atoms with van der Waals surface area (Å²) in [5, 5.41) is 0. The zero-order valence-electron chi connectivity index (χ0n) is 22.1. The molecule has 0 N–H and O–H groups in total. The zero-order valence-corrected chi connectivity index (χ0v) is 28.6. The van der Waals surface area contributed by atoms with Gasteiger partial charge in [0.1, 0.15) is 0 Å². The summed E-state index contributed by atoms with van der Waals surface area (Å²) in [7, 11) is 0. The Kier molecular flexibility index (Phi) is 17.5. The second kappa shape index (κ2) is 19.3. The molecule has 0 aliphatic heterocycles. The standard InChI is InChI=1S/2C13H9.2C5H5.2ClH.2Zr/c2*1-3-7-12-10(5-1)9-11-6-2-4-8-13(11)12;2*1-2-4-5-3-1;;;;/h2*1-5,7-8H,9H2;2*1-3H,4H2;2*1H;;/q4*-1;;;2*+2/p-2. The summed E-state index contributed by atoms with van der Waals surface area (Å²) in [5.74, 6) is 0. The van der Waals surface area contributed by atoms with Crippen molar-refractivity contribution < 1.29 is 77.2 Å². The minimum absolute atomic E-state index is 0. The van der Waals surface area contributed by atoms with E-state index in [4.69, 9.17) is 0 Å². The molecule has 4 aliphatic rings. The number of allylic oxidation sites excluding steroid dienone is 8. The van der Waals surface area contributed by atoms with Crippen molar-refractivity contribution in [3.8, 4) is 22.3 Å². The fourth-order valence-corrected chi connectivity index (χ4v) is 4.68. The predicted molar refractivity (Wildman–Crippen MR) is 150 cm³/mol. The third-order valence-corrected chi connectivity index (χ3v) is 6.40. The third-order valence-electron chi connectivity index (χ3n) is 6.40. The Balaban J connectivity index is 0.000000279. The molecule has 0 saturated heterocycles. The van der Waals surface area contributed by atoms with Gasteiger partial charge in [0, 0.05) is 0 Å². The first-order chi connectivity index (χ1) is 17.9. The first-order valence-corrected chi connectivity index (χ1v) is 12.5. The quantitative estimate of drug-likeness (QED) is 0.213. The molecule has 8 rings (SSSR count). The maximum atomic E-state index is 3.30. The number of hydrogen-bond acceptors (Lipinski definition) is 0. The van der Waals surface area contributed by atoms with Crippen molar-refractivity contribution in [2.24, 2.45) is 0 Å². The second-order valence-electron chi connectivity index (χ2n) is 8.80. The maximum absolute atomic E-state index is 3.30. The molecule has 40 heavy (non-hydrogen) atoms. The summed E-state index contributed by atoms with van der Waals surface area (Å²) in [4.78, 5) is 0. The van der Waals surface area contributed by atoms with Gasteiger partial charge in [-0.1, -0.05) is 70.8 Å². The number of benzene rings is 4. The monoisotopic (exact) mass is 710 g/mol. The van der Waals surface area contributed by atoms with Gasteiger partial charge in [-0.3, -0.25) is 12.2 Å². The van der Waals surface area contributed by atoms with Crippen LogP contribution in [0.15, 0.2) is 121 Å². The fraction of sp³-hybridized carbons (Fsp3) is 0.111. The van der Waals surface area contributed by atoms with Gasteiger partial charge in [-0.25, -0.2) is 24.3 Å². The molecule has 0 unspecified atom stereocenters. The van der Waals surface area contributed by atoms with E-state index in [-0.39, 0.29) is 77.2 Å². The largest absolute Gasteiger partial charge is 2.00 e. The van der Waals surface area contributed by atoms with Crippen LogP contribution < -0.4 is 24.8 Å². The van der Waals surface area contributed by atoms with Gasteiger partial charge in [0.15, 0.2) is 0 Å². The van der Waals surface area contributed by atoms with Gasteiger partial charge in [-0.15, -0.1) is 24.0 Å². The van der Waals surface area contributed by atoms with Crippen LogP contribution in [0.2, 0.25) is 0 Å². The Morgan fingerprint density at radius 1 is 0.475 bits per heavy atom. The molecule has 0 heterocycles. The predicted octanol–water partition coefficient (Wildman–Crippen LogP) is 2.73. The Morgan fingerprint density at radius 2 is 0.875 bits per heavy atom. The fourth-order valence-electron chi connectivity index (χ4n) is 4.68. The van der Waals surface area contributed by atoms with Crippen LogP contribution in [-0.4, -0.2) is 0 Å². The smallest absolute Gasteiger partial charge is 1.00 e. The Labute approximate surface area is 290 Å². The molecule has 0 nitrogen and oxygen atoms in total. The molecule has 0 spiro atoms. The molecule has 0 fully saturated rings. The second-order valence-corrected chi connectivity index (χ2v) is 8.80. The van der Waals surface area contributed by atoms with Crippen LogP contribution >= 0.6 is 0 Å². The van der Waals surface area contributed by atoms with E-state index in [1.807, 2.05) is 36.4 Å². The van der Waals surface area contributed by atoms with Crippen LogP contribution in [0.1, 0.15) is 35.1 Å². The van der Waals surface area contributed by atoms with E-state index < -0.39 is 0 Å². The van der Waals surface area contributed by atoms with E-state index in [9.17, 15) is 0 Å². The molecule has 0 amide bonds. The summed E-state index contributed by atoms with van der Waals surface area (Å²) in [6.07, 6.45) is 22.1. The van der Waals surface area contributed by atoms with Crippen molar-refractivity contribution >= 4 is 0 Å². The van der Waals surface area contributed by atoms with Crippen LogP contribution in [0.5, 0.6) is 0 Å². The minimum Gasteiger partial charge on any atom is -1.00 e. The van der Waals surface area contributed by atoms with Crippen molar-refractivity contribution in [2.75, 3.05) is 0 Å². The van der Waals surface area contributed by atoms with E-state index in [1.165, 1.54) is 44.5 Å². The number of fused-ring (bicyclic) bond motifs is 6. The van der Waals surface area contributed by atoms with Gasteiger partial charge in [0.25, 0.3) is 0 Å². The molecular weight excluding hydrogens is 686 g/mol. The maximum Gasteiger partial charge on any atom is 2.00 e. The van der Waals surface area contributed by atoms with Crippen LogP contribution in [0, 0.1) is 24.3 Å². The van der Waals surface area contributed by atoms with Crippen LogP contribution in [0.4, 0.5) is 0 Å².